The highest BCUT2D eigenvalue weighted by molar-refractivity contribution is 6.05. The highest BCUT2D eigenvalue weighted by Crippen LogP contribution is 2.32. The van der Waals surface area contributed by atoms with Gasteiger partial charge < -0.3 is 18.7 Å². The lowest BCUT2D eigenvalue weighted by Gasteiger charge is -2.19. The van der Waals surface area contributed by atoms with Gasteiger partial charge in [0, 0.05) is 11.8 Å². The van der Waals surface area contributed by atoms with Crippen molar-refractivity contribution in [1.29, 1.82) is 0 Å². The SMILES string of the molecule is CON=CCc1cc2c(C(=O)OC(C)(C)C)ccc(OC)c2o1. The van der Waals surface area contributed by atoms with E-state index >= 15 is 0 Å². The number of benzene rings is 1. The van der Waals surface area contributed by atoms with Crippen molar-refractivity contribution >= 4 is 23.2 Å². The van der Waals surface area contributed by atoms with Crippen LogP contribution in [0.3, 0.4) is 0 Å². The van der Waals surface area contributed by atoms with Gasteiger partial charge in [-0.15, -0.1) is 0 Å². The van der Waals surface area contributed by atoms with E-state index in [1.165, 1.54) is 7.11 Å². The van der Waals surface area contributed by atoms with Crippen molar-refractivity contribution in [3.63, 3.8) is 0 Å². The van der Waals surface area contributed by atoms with Crippen LogP contribution >= 0.6 is 0 Å². The Hall–Kier alpha value is -2.50. The molecule has 23 heavy (non-hydrogen) atoms. The minimum Gasteiger partial charge on any atom is -0.493 e. The van der Waals surface area contributed by atoms with E-state index in [1.54, 1.807) is 31.5 Å². The number of ether oxygens (including phenoxy) is 2. The Bertz CT molecular complexity index is 724. The lowest BCUT2D eigenvalue weighted by molar-refractivity contribution is 0.00718. The van der Waals surface area contributed by atoms with Crippen LogP contribution in [0, 0.1) is 0 Å². The van der Waals surface area contributed by atoms with Gasteiger partial charge in [-0.3, -0.25) is 0 Å². The van der Waals surface area contributed by atoms with Gasteiger partial charge in [0.1, 0.15) is 18.5 Å². The Morgan fingerprint density at radius 1 is 1.30 bits per heavy atom. The summed E-state index contributed by atoms with van der Waals surface area (Å²) in [6, 6.07) is 5.16. The molecule has 2 aromatic rings. The molecule has 0 spiro atoms. The molecule has 124 valence electrons. The summed E-state index contributed by atoms with van der Waals surface area (Å²) in [5.41, 5.74) is 0.382. The Kier molecular flexibility index (Phi) is 4.93. The molecule has 0 saturated heterocycles. The van der Waals surface area contributed by atoms with E-state index in [9.17, 15) is 4.79 Å². The van der Waals surface area contributed by atoms with E-state index < -0.39 is 11.6 Å². The Labute approximate surface area is 135 Å². The van der Waals surface area contributed by atoms with Crippen LogP contribution in [-0.2, 0) is 16.0 Å². The van der Waals surface area contributed by atoms with Crippen molar-refractivity contribution in [3.05, 3.63) is 29.5 Å². The Balaban J connectivity index is 2.45. The predicted molar refractivity (Wildman–Crippen MR) is 87.1 cm³/mol. The number of methoxy groups -OCH3 is 1. The fourth-order valence-electron chi connectivity index (χ4n) is 2.12. The predicted octanol–water partition coefficient (Wildman–Crippen LogP) is 3.57. The molecule has 6 nitrogen and oxygen atoms in total. The molecule has 1 aromatic carbocycles. The zero-order valence-electron chi connectivity index (χ0n) is 14.0. The molecule has 0 saturated carbocycles. The number of rotatable bonds is 5. The zero-order valence-corrected chi connectivity index (χ0v) is 14.0. The number of oxime groups is 1. The van der Waals surface area contributed by atoms with Gasteiger partial charge in [0.15, 0.2) is 11.3 Å². The Morgan fingerprint density at radius 2 is 2.04 bits per heavy atom. The number of hydrogen-bond donors (Lipinski definition) is 0. The van der Waals surface area contributed by atoms with Gasteiger partial charge in [-0.25, -0.2) is 4.79 Å². The van der Waals surface area contributed by atoms with Gasteiger partial charge in [-0.1, -0.05) is 5.16 Å². The second-order valence-electron chi connectivity index (χ2n) is 5.95. The van der Waals surface area contributed by atoms with Gasteiger partial charge in [0.05, 0.1) is 18.9 Å². The van der Waals surface area contributed by atoms with Crippen molar-refractivity contribution in [3.8, 4) is 5.75 Å². The van der Waals surface area contributed by atoms with E-state index in [-0.39, 0.29) is 0 Å². The molecule has 0 N–H and O–H groups in total. The lowest BCUT2D eigenvalue weighted by atomic mass is 10.1. The molecule has 0 aliphatic rings. The molecule has 0 amide bonds. The number of carbonyl (C=O) groups is 1. The maximum atomic E-state index is 12.4. The molecule has 2 rings (SSSR count). The van der Waals surface area contributed by atoms with E-state index in [1.807, 2.05) is 20.8 Å². The van der Waals surface area contributed by atoms with Gasteiger partial charge >= 0.3 is 5.97 Å². The molecule has 6 heteroatoms. The average Bonchev–Trinajstić information content (AvgIpc) is 2.88. The van der Waals surface area contributed by atoms with Crippen LogP contribution in [0.2, 0.25) is 0 Å². The van der Waals surface area contributed by atoms with E-state index in [4.69, 9.17) is 13.9 Å². The second-order valence-corrected chi connectivity index (χ2v) is 5.95. The summed E-state index contributed by atoms with van der Waals surface area (Å²) in [7, 11) is 3.02. The van der Waals surface area contributed by atoms with Gasteiger partial charge in [0.2, 0.25) is 0 Å². The van der Waals surface area contributed by atoms with E-state index in [2.05, 4.69) is 9.99 Å². The van der Waals surface area contributed by atoms with Crippen molar-refractivity contribution in [2.24, 2.45) is 5.16 Å². The van der Waals surface area contributed by atoms with Crippen molar-refractivity contribution in [2.45, 2.75) is 32.8 Å². The second kappa shape index (κ2) is 6.73. The quantitative estimate of drug-likeness (QED) is 0.478. The highest BCUT2D eigenvalue weighted by atomic mass is 16.6. The number of hydrogen-bond acceptors (Lipinski definition) is 6. The molecule has 0 bridgehead atoms. The molecule has 1 heterocycles. The van der Waals surface area contributed by atoms with Crippen LogP contribution in [0.1, 0.15) is 36.9 Å². The molecule has 1 aromatic heterocycles. The monoisotopic (exact) mass is 319 g/mol. The summed E-state index contributed by atoms with van der Waals surface area (Å²) < 4.78 is 16.5. The first-order valence-electron chi connectivity index (χ1n) is 7.23. The molecule has 0 unspecified atom stereocenters. The normalized spacial score (nSPS) is 11.9. The van der Waals surface area contributed by atoms with Crippen LogP contribution < -0.4 is 4.74 Å². The van der Waals surface area contributed by atoms with Crippen LogP contribution in [0.5, 0.6) is 5.75 Å². The molecule has 0 aliphatic carbocycles. The largest absolute Gasteiger partial charge is 0.493 e. The fourth-order valence-corrected chi connectivity index (χ4v) is 2.12. The first-order chi connectivity index (χ1) is 10.9. The van der Waals surface area contributed by atoms with Gasteiger partial charge in [0.25, 0.3) is 0 Å². The standard InChI is InChI=1S/C17H21NO5/c1-17(2,3)23-16(19)12-6-7-14(20-4)15-13(12)10-11(22-15)8-9-18-21-5/h6-7,9-10H,8H2,1-5H3. The number of nitrogens with zero attached hydrogens (tertiary/aromatic N) is 1. The lowest BCUT2D eigenvalue weighted by Crippen LogP contribution is -2.23. The molecule has 0 fully saturated rings. The maximum absolute atomic E-state index is 12.4. The third kappa shape index (κ3) is 4.03. The van der Waals surface area contributed by atoms with Crippen LogP contribution in [0.4, 0.5) is 0 Å². The van der Waals surface area contributed by atoms with Crippen molar-refractivity contribution < 1.29 is 23.5 Å². The Morgan fingerprint density at radius 3 is 2.65 bits per heavy atom. The molecule has 0 radical (unpaired) electrons. The van der Waals surface area contributed by atoms with Crippen LogP contribution in [0.15, 0.2) is 27.8 Å². The summed E-state index contributed by atoms with van der Waals surface area (Å²) in [5, 5.41) is 4.33. The van der Waals surface area contributed by atoms with Crippen molar-refractivity contribution in [1.82, 2.24) is 0 Å². The first kappa shape index (κ1) is 16.9. The van der Waals surface area contributed by atoms with Crippen molar-refractivity contribution in [2.75, 3.05) is 14.2 Å². The zero-order chi connectivity index (χ0) is 17.0. The van der Waals surface area contributed by atoms with E-state index in [0.717, 1.165) is 0 Å². The molecule has 0 atom stereocenters. The molecular formula is C17H21NO5. The number of furan rings is 1. The summed E-state index contributed by atoms with van der Waals surface area (Å²) in [4.78, 5) is 17.0. The number of esters is 1. The highest BCUT2D eigenvalue weighted by Gasteiger charge is 2.22. The maximum Gasteiger partial charge on any atom is 0.339 e. The number of fused-ring (bicyclic) bond motifs is 1. The van der Waals surface area contributed by atoms with Crippen LogP contribution in [0.25, 0.3) is 11.0 Å². The molecular weight excluding hydrogens is 298 g/mol. The summed E-state index contributed by atoms with van der Waals surface area (Å²) in [6.45, 7) is 5.48. The first-order valence-corrected chi connectivity index (χ1v) is 7.23. The summed E-state index contributed by atoms with van der Waals surface area (Å²) in [6.07, 6.45) is 2.02. The van der Waals surface area contributed by atoms with Crippen LogP contribution in [-0.4, -0.2) is 32.0 Å². The van der Waals surface area contributed by atoms with Gasteiger partial charge in [-0.2, -0.15) is 0 Å². The van der Waals surface area contributed by atoms with E-state index in [0.29, 0.717) is 34.5 Å². The number of carbonyl (C=O) groups excluding carboxylic acids is 1. The average molecular weight is 319 g/mol. The topological polar surface area (TPSA) is 70.3 Å². The third-order valence-electron chi connectivity index (χ3n) is 3.01. The third-order valence-corrected chi connectivity index (χ3v) is 3.01. The fraction of sp³-hybridized carbons (Fsp3) is 0.412. The summed E-state index contributed by atoms with van der Waals surface area (Å²) >= 11 is 0. The minimum atomic E-state index is -0.568. The van der Waals surface area contributed by atoms with Gasteiger partial charge in [-0.05, 0) is 39.0 Å². The minimum absolute atomic E-state index is 0.400. The summed E-state index contributed by atoms with van der Waals surface area (Å²) in [5.74, 6) is 0.806. The smallest absolute Gasteiger partial charge is 0.339 e. The molecule has 0 aliphatic heterocycles.